The average molecular weight is 724 g/mol. The molecule has 2 aromatic heterocycles. The molecule has 274 valence electrons. The van der Waals surface area contributed by atoms with Gasteiger partial charge in [0.05, 0.1) is 11.1 Å². The number of aliphatic hydroxyl groups is 1. The number of aliphatic hydroxyl groups excluding tert-OH is 1. The lowest BCUT2D eigenvalue weighted by atomic mass is 10.00. The van der Waals surface area contributed by atoms with Crippen LogP contribution in [0.4, 0.5) is 0 Å². The van der Waals surface area contributed by atoms with Crippen LogP contribution in [-0.2, 0) is 41.6 Å². The van der Waals surface area contributed by atoms with Crippen molar-refractivity contribution in [3.05, 3.63) is 59.9 Å². The number of amides is 5. The van der Waals surface area contributed by atoms with Gasteiger partial charge in [0.1, 0.15) is 30.2 Å². The molecule has 1 aromatic carbocycles. The number of para-hydroxylation sites is 1. The molecule has 1 aliphatic heterocycles. The van der Waals surface area contributed by atoms with Crippen molar-refractivity contribution in [1.82, 2.24) is 36.6 Å². The number of carbonyl (C=O) groups is 6. The number of aliphatic carboxylic acids is 1. The summed E-state index contributed by atoms with van der Waals surface area (Å²) in [4.78, 5) is 87.1. The molecule has 51 heavy (non-hydrogen) atoms. The molecule has 3 aromatic rings. The number of carboxylic acids is 1. The number of pyridine rings is 1. The van der Waals surface area contributed by atoms with Crippen molar-refractivity contribution >= 4 is 58.2 Å². The minimum Gasteiger partial charge on any atom is -0.480 e. The second kappa shape index (κ2) is 17.8. The molecule has 8 N–H and O–H groups in total. The summed E-state index contributed by atoms with van der Waals surface area (Å²) in [5.41, 5.74) is 2.01. The highest BCUT2D eigenvalue weighted by atomic mass is 32.2. The van der Waals surface area contributed by atoms with E-state index in [4.69, 9.17) is 0 Å². The van der Waals surface area contributed by atoms with Crippen molar-refractivity contribution in [2.75, 3.05) is 5.75 Å². The lowest BCUT2D eigenvalue weighted by molar-refractivity contribution is -0.142. The predicted octanol–water partition coefficient (Wildman–Crippen LogP) is 0.799. The van der Waals surface area contributed by atoms with Crippen molar-refractivity contribution < 1.29 is 39.0 Å². The summed E-state index contributed by atoms with van der Waals surface area (Å²) in [7, 11) is 0. The van der Waals surface area contributed by atoms with E-state index in [-0.39, 0.29) is 30.9 Å². The molecule has 0 saturated carbocycles. The number of thioether (sulfide) groups is 1. The molecular formula is C35H45N7O8S. The Kier molecular flexibility index (Phi) is 13.6. The number of aryl methyl sites for hydroxylation is 1. The maximum absolute atomic E-state index is 14.1. The molecule has 5 amide bonds. The number of hydrogen-bond donors (Lipinski definition) is 8. The number of aromatic amines is 1. The highest BCUT2D eigenvalue weighted by Gasteiger charge is 2.34. The standard InChI is InChI=1S/C35H45N7O8S/c1-18(2)15-25-31(46)37-19(3)30(45)42-29(20(4)43)33(48)40-27(35(49)50)17-51-34-23(22-10-5-6-11-24(22)41-34)16-26(32(47)39-25)38-28(44)13-12-21-9-7-8-14-36-21/h5-11,14,18-20,25-27,29,41,43H,12-13,15-17H2,1-4H3,(H,37,46)(H,38,44)(H,39,47)(H,40,48)(H,42,45)(H,49,50)/t19-,20-,25+,26+,27+,29+/m1/s1. The number of nitrogens with one attached hydrogen (secondary N) is 6. The fraction of sp³-hybridized carbons (Fsp3) is 0.457. The van der Waals surface area contributed by atoms with Crippen LogP contribution in [0.15, 0.2) is 53.7 Å². The topological polar surface area (TPSA) is 232 Å². The average Bonchev–Trinajstić information content (AvgIpc) is 3.43. The number of hydrogen-bond acceptors (Lipinski definition) is 9. The molecule has 0 aliphatic carbocycles. The second-order valence-corrected chi connectivity index (χ2v) is 14.0. The van der Waals surface area contributed by atoms with Gasteiger partial charge in [-0.3, -0.25) is 29.0 Å². The molecule has 1 aliphatic rings. The van der Waals surface area contributed by atoms with Gasteiger partial charge in [0.25, 0.3) is 0 Å². The number of benzene rings is 1. The van der Waals surface area contributed by atoms with Crippen molar-refractivity contribution in [1.29, 1.82) is 0 Å². The first-order valence-electron chi connectivity index (χ1n) is 16.8. The fourth-order valence-corrected chi connectivity index (χ4v) is 6.72. The monoisotopic (exact) mass is 723 g/mol. The van der Waals surface area contributed by atoms with Crippen LogP contribution >= 0.6 is 11.8 Å². The predicted molar refractivity (Wildman–Crippen MR) is 189 cm³/mol. The molecule has 0 fully saturated rings. The van der Waals surface area contributed by atoms with Gasteiger partial charge < -0.3 is 41.8 Å². The van der Waals surface area contributed by atoms with E-state index in [2.05, 4.69) is 36.6 Å². The Morgan fingerprint density at radius 1 is 0.941 bits per heavy atom. The third-order valence-corrected chi connectivity index (χ3v) is 9.47. The zero-order valence-electron chi connectivity index (χ0n) is 28.9. The number of nitrogens with zero attached hydrogens (tertiary/aromatic N) is 1. The van der Waals surface area contributed by atoms with Crippen LogP contribution in [0.25, 0.3) is 10.9 Å². The van der Waals surface area contributed by atoms with Gasteiger partial charge in [-0.2, -0.15) is 0 Å². The molecule has 6 atom stereocenters. The molecule has 0 saturated heterocycles. The summed E-state index contributed by atoms with van der Waals surface area (Å²) in [6, 6.07) is 6.19. The van der Waals surface area contributed by atoms with Crippen LogP contribution in [-0.4, -0.2) is 97.8 Å². The Morgan fingerprint density at radius 3 is 2.33 bits per heavy atom. The van der Waals surface area contributed by atoms with Crippen LogP contribution < -0.4 is 26.6 Å². The van der Waals surface area contributed by atoms with Crippen molar-refractivity contribution in [2.45, 2.75) is 94.7 Å². The first kappa shape index (κ1) is 38.8. The zero-order valence-corrected chi connectivity index (χ0v) is 29.7. The number of carbonyl (C=O) groups excluding carboxylic acids is 5. The maximum atomic E-state index is 14.1. The molecule has 4 rings (SSSR count). The van der Waals surface area contributed by atoms with Crippen LogP contribution in [0.3, 0.4) is 0 Å². The third kappa shape index (κ3) is 10.8. The van der Waals surface area contributed by atoms with Crippen LogP contribution in [0, 0.1) is 5.92 Å². The number of aromatic nitrogens is 2. The van der Waals surface area contributed by atoms with E-state index in [9.17, 15) is 39.0 Å². The first-order chi connectivity index (χ1) is 24.2. The molecule has 0 bridgehead atoms. The lowest BCUT2D eigenvalue weighted by Crippen LogP contribution is -2.60. The largest absolute Gasteiger partial charge is 0.480 e. The van der Waals surface area contributed by atoms with Gasteiger partial charge in [-0.15, -0.1) is 11.8 Å². The van der Waals surface area contributed by atoms with Crippen LogP contribution in [0.2, 0.25) is 0 Å². The fourth-order valence-electron chi connectivity index (χ4n) is 5.61. The maximum Gasteiger partial charge on any atom is 0.327 e. The van der Waals surface area contributed by atoms with E-state index in [0.717, 1.165) is 17.1 Å². The Morgan fingerprint density at radius 2 is 1.67 bits per heavy atom. The summed E-state index contributed by atoms with van der Waals surface area (Å²) in [5.74, 6) is -5.06. The summed E-state index contributed by atoms with van der Waals surface area (Å²) >= 11 is 1.09. The molecule has 0 unspecified atom stereocenters. The van der Waals surface area contributed by atoms with Gasteiger partial charge in [-0.25, -0.2) is 4.79 Å². The third-order valence-electron chi connectivity index (χ3n) is 8.33. The minimum atomic E-state index is -1.53. The van der Waals surface area contributed by atoms with Gasteiger partial charge in [0.15, 0.2) is 0 Å². The van der Waals surface area contributed by atoms with Crippen LogP contribution in [0.1, 0.15) is 51.8 Å². The van der Waals surface area contributed by atoms with Crippen molar-refractivity contribution in [2.24, 2.45) is 5.92 Å². The number of carboxylic acid groups (broad SMARTS) is 1. The molecule has 0 radical (unpaired) electrons. The van der Waals surface area contributed by atoms with Gasteiger partial charge in [-0.05, 0) is 56.4 Å². The minimum absolute atomic E-state index is 0.0312. The molecular weight excluding hydrogens is 678 g/mol. The lowest BCUT2D eigenvalue weighted by Gasteiger charge is -2.27. The van der Waals surface area contributed by atoms with Gasteiger partial charge in [0, 0.05) is 41.4 Å². The van der Waals surface area contributed by atoms with E-state index in [1.807, 2.05) is 44.2 Å². The van der Waals surface area contributed by atoms with Gasteiger partial charge in [0.2, 0.25) is 29.5 Å². The Bertz CT molecular complexity index is 1730. The van der Waals surface area contributed by atoms with E-state index in [1.54, 1.807) is 18.3 Å². The van der Waals surface area contributed by atoms with E-state index in [0.29, 0.717) is 28.2 Å². The van der Waals surface area contributed by atoms with Gasteiger partial charge in [-0.1, -0.05) is 38.1 Å². The van der Waals surface area contributed by atoms with Gasteiger partial charge >= 0.3 is 5.97 Å². The van der Waals surface area contributed by atoms with Crippen molar-refractivity contribution in [3.8, 4) is 0 Å². The quantitative estimate of drug-likeness (QED) is 0.163. The highest BCUT2D eigenvalue weighted by Crippen LogP contribution is 2.31. The summed E-state index contributed by atoms with van der Waals surface area (Å²) in [6.07, 6.45) is 0.747. The normalized spacial score (nSPS) is 23.1. The van der Waals surface area contributed by atoms with E-state index in [1.165, 1.54) is 13.8 Å². The second-order valence-electron chi connectivity index (χ2n) is 13.0. The Labute approximate surface area is 299 Å². The Hall–Kier alpha value is -4.96. The molecule has 16 heteroatoms. The van der Waals surface area contributed by atoms with E-state index < -0.39 is 71.8 Å². The Balaban J connectivity index is 1.75. The first-order valence-corrected chi connectivity index (χ1v) is 17.8. The highest BCUT2D eigenvalue weighted by molar-refractivity contribution is 7.99. The smallest absolute Gasteiger partial charge is 0.327 e. The molecule has 3 heterocycles. The number of rotatable bonds is 8. The summed E-state index contributed by atoms with van der Waals surface area (Å²) in [5, 5.41) is 34.6. The number of fused-ring (bicyclic) bond motifs is 3. The molecule has 15 nitrogen and oxygen atoms in total. The summed E-state index contributed by atoms with van der Waals surface area (Å²) in [6.45, 7) is 6.37. The number of H-pyrrole nitrogens is 1. The molecule has 0 spiro atoms. The summed E-state index contributed by atoms with van der Waals surface area (Å²) < 4.78 is 0. The van der Waals surface area contributed by atoms with Crippen molar-refractivity contribution in [3.63, 3.8) is 0 Å². The van der Waals surface area contributed by atoms with Crippen LogP contribution in [0.5, 0.6) is 0 Å². The zero-order chi connectivity index (χ0) is 37.2. The van der Waals surface area contributed by atoms with E-state index >= 15 is 0 Å². The SMILES string of the molecule is CC(C)C[C@@H]1NC(=O)[C@@H](NC(=O)CCc2ccccn2)Cc2c([nH]c3ccccc23)SC[C@@H](C(=O)O)NC(=O)[C@H]([C@@H](C)O)NC(=O)[C@@H](C)NC1=O.